The van der Waals surface area contributed by atoms with Crippen LogP contribution in [0.2, 0.25) is 0 Å². The first-order valence-electron chi connectivity index (χ1n) is 8.77. The van der Waals surface area contributed by atoms with Crippen molar-refractivity contribution >= 4 is 23.4 Å². The molecule has 8 heteroatoms. The number of nitrogens with zero attached hydrogens (tertiary/aromatic N) is 1. The van der Waals surface area contributed by atoms with Gasteiger partial charge in [0.15, 0.2) is 0 Å². The molecule has 0 saturated carbocycles. The molecule has 4 N–H and O–H groups in total. The lowest BCUT2D eigenvalue weighted by Gasteiger charge is -2.36. The second kappa shape index (κ2) is 9.28. The normalized spacial score (nSPS) is 16.9. The SMILES string of the molecule is CC(=O)Nc1ccc(F)c(C(=O)N2CCCCC2CNC(=O)CCN)c1. The molecule has 1 heterocycles. The first-order chi connectivity index (χ1) is 12.4. The van der Waals surface area contributed by atoms with Crippen LogP contribution in [0.25, 0.3) is 0 Å². The summed E-state index contributed by atoms with van der Waals surface area (Å²) in [6, 6.07) is 3.73. The Morgan fingerprint density at radius 1 is 1.31 bits per heavy atom. The number of piperidine rings is 1. The highest BCUT2D eigenvalue weighted by Crippen LogP contribution is 2.22. The zero-order chi connectivity index (χ0) is 19.1. The number of amides is 3. The molecule has 26 heavy (non-hydrogen) atoms. The van der Waals surface area contributed by atoms with Gasteiger partial charge in [-0.25, -0.2) is 4.39 Å². The number of rotatable bonds is 6. The highest BCUT2D eigenvalue weighted by Gasteiger charge is 2.29. The maximum atomic E-state index is 14.2. The zero-order valence-corrected chi connectivity index (χ0v) is 14.9. The molecule has 0 aliphatic carbocycles. The van der Waals surface area contributed by atoms with Gasteiger partial charge in [-0.1, -0.05) is 0 Å². The van der Waals surface area contributed by atoms with Crippen molar-refractivity contribution in [2.75, 3.05) is 25.0 Å². The van der Waals surface area contributed by atoms with E-state index in [4.69, 9.17) is 5.73 Å². The lowest BCUT2D eigenvalue weighted by atomic mass is 10.00. The first kappa shape index (κ1) is 19.8. The highest BCUT2D eigenvalue weighted by atomic mass is 19.1. The molecule has 1 aliphatic heterocycles. The first-order valence-corrected chi connectivity index (χ1v) is 8.77. The van der Waals surface area contributed by atoms with E-state index in [0.717, 1.165) is 19.3 Å². The summed E-state index contributed by atoms with van der Waals surface area (Å²) in [5.41, 5.74) is 5.64. The van der Waals surface area contributed by atoms with Crippen LogP contribution in [0.1, 0.15) is 43.0 Å². The van der Waals surface area contributed by atoms with Gasteiger partial charge >= 0.3 is 0 Å². The second-order valence-corrected chi connectivity index (χ2v) is 6.37. The van der Waals surface area contributed by atoms with Crippen LogP contribution in [0.5, 0.6) is 0 Å². The highest BCUT2D eigenvalue weighted by molar-refractivity contribution is 5.97. The van der Waals surface area contributed by atoms with Crippen molar-refractivity contribution in [3.8, 4) is 0 Å². The van der Waals surface area contributed by atoms with Gasteiger partial charge < -0.3 is 21.3 Å². The number of halogens is 1. The van der Waals surface area contributed by atoms with E-state index in [9.17, 15) is 18.8 Å². The van der Waals surface area contributed by atoms with Crippen molar-refractivity contribution in [1.82, 2.24) is 10.2 Å². The topological polar surface area (TPSA) is 105 Å². The molecular weight excluding hydrogens is 339 g/mol. The molecule has 7 nitrogen and oxygen atoms in total. The average Bonchev–Trinajstić information content (AvgIpc) is 2.61. The summed E-state index contributed by atoms with van der Waals surface area (Å²) in [4.78, 5) is 37.3. The standard InChI is InChI=1S/C18H25FN4O3/c1-12(24)22-13-5-6-16(19)15(10-13)18(26)23-9-3-2-4-14(23)11-21-17(25)7-8-20/h5-6,10,14H,2-4,7-9,11,20H2,1H3,(H,21,25)(H,22,24). The summed E-state index contributed by atoms with van der Waals surface area (Å²) < 4.78 is 14.2. The van der Waals surface area contributed by atoms with Gasteiger partial charge in [0.05, 0.1) is 5.56 Å². The Kier molecular flexibility index (Phi) is 7.08. The number of carbonyl (C=O) groups is 3. The van der Waals surface area contributed by atoms with Crippen molar-refractivity contribution < 1.29 is 18.8 Å². The fourth-order valence-corrected chi connectivity index (χ4v) is 3.06. The van der Waals surface area contributed by atoms with Gasteiger partial charge in [0.1, 0.15) is 5.82 Å². The van der Waals surface area contributed by atoms with Gasteiger partial charge in [0, 0.05) is 44.7 Å². The van der Waals surface area contributed by atoms with Crippen molar-refractivity contribution in [2.45, 2.75) is 38.6 Å². The average molecular weight is 364 g/mol. The van der Waals surface area contributed by atoms with E-state index >= 15 is 0 Å². The number of hydrogen-bond donors (Lipinski definition) is 3. The molecular formula is C18H25FN4O3. The summed E-state index contributed by atoms with van der Waals surface area (Å²) in [6.07, 6.45) is 2.73. The molecule has 0 bridgehead atoms. The Balaban J connectivity index is 2.14. The van der Waals surface area contributed by atoms with Gasteiger partial charge in [-0.3, -0.25) is 14.4 Å². The summed E-state index contributed by atoms with van der Waals surface area (Å²) in [7, 11) is 0. The molecule has 1 aromatic carbocycles. The molecule has 1 unspecified atom stereocenters. The Labute approximate surface area is 152 Å². The number of likely N-dealkylation sites (tertiary alicyclic amines) is 1. The Morgan fingerprint density at radius 2 is 2.08 bits per heavy atom. The van der Waals surface area contributed by atoms with Crippen LogP contribution in [0.4, 0.5) is 10.1 Å². The third-order valence-electron chi connectivity index (χ3n) is 4.31. The molecule has 142 valence electrons. The smallest absolute Gasteiger partial charge is 0.257 e. The molecule has 0 radical (unpaired) electrons. The Bertz CT molecular complexity index is 680. The summed E-state index contributed by atoms with van der Waals surface area (Å²) in [6.45, 7) is 2.42. The van der Waals surface area contributed by atoms with E-state index in [2.05, 4.69) is 10.6 Å². The Morgan fingerprint density at radius 3 is 2.77 bits per heavy atom. The van der Waals surface area contributed by atoms with E-state index in [1.807, 2.05) is 0 Å². The van der Waals surface area contributed by atoms with Crippen LogP contribution in [0, 0.1) is 5.82 Å². The number of nitrogens with two attached hydrogens (primary N) is 1. The van der Waals surface area contributed by atoms with Crippen LogP contribution < -0.4 is 16.4 Å². The van der Waals surface area contributed by atoms with Gasteiger partial charge in [0.2, 0.25) is 11.8 Å². The van der Waals surface area contributed by atoms with Crippen LogP contribution in [0.3, 0.4) is 0 Å². The van der Waals surface area contributed by atoms with E-state index in [1.54, 1.807) is 4.90 Å². The van der Waals surface area contributed by atoms with Gasteiger partial charge in [0.25, 0.3) is 5.91 Å². The maximum Gasteiger partial charge on any atom is 0.257 e. The van der Waals surface area contributed by atoms with E-state index in [0.29, 0.717) is 18.8 Å². The van der Waals surface area contributed by atoms with E-state index in [1.165, 1.54) is 25.1 Å². The van der Waals surface area contributed by atoms with Gasteiger partial charge in [-0.15, -0.1) is 0 Å². The predicted molar refractivity (Wildman–Crippen MR) is 96.1 cm³/mol. The largest absolute Gasteiger partial charge is 0.354 e. The molecule has 1 saturated heterocycles. The van der Waals surface area contributed by atoms with E-state index in [-0.39, 0.29) is 36.4 Å². The lowest BCUT2D eigenvalue weighted by Crippen LogP contribution is -2.49. The molecule has 1 aromatic rings. The van der Waals surface area contributed by atoms with Crippen LogP contribution in [-0.2, 0) is 9.59 Å². The number of nitrogens with one attached hydrogen (secondary N) is 2. The monoisotopic (exact) mass is 364 g/mol. The number of hydrogen-bond acceptors (Lipinski definition) is 4. The van der Waals surface area contributed by atoms with Crippen molar-refractivity contribution in [1.29, 1.82) is 0 Å². The molecule has 1 fully saturated rings. The van der Waals surface area contributed by atoms with Gasteiger partial charge in [-0.05, 0) is 37.5 Å². The molecule has 1 atom stereocenters. The zero-order valence-electron chi connectivity index (χ0n) is 14.9. The third-order valence-corrected chi connectivity index (χ3v) is 4.31. The minimum Gasteiger partial charge on any atom is -0.354 e. The maximum absolute atomic E-state index is 14.2. The lowest BCUT2D eigenvalue weighted by molar-refractivity contribution is -0.121. The minimum atomic E-state index is -0.638. The van der Waals surface area contributed by atoms with Crippen LogP contribution in [0.15, 0.2) is 18.2 Å². The van der Waals surface area contributed by atoms with Gasteiger partial charge in [-0.2, -0.15) is 0 Å². The molecule has 3 amide bonds. The fourth-order valence-electron chi connectivity index (χ4n) is 3.06. The van der Waals surface area contributed by atoms with Crippen molar-refractivity contribution in [3.05, 3.63) is 29.6 Å². The Hall–Kier alpha value is -2.48. The summed E-state index contributed by atoms with van der Waals surface area (Å²) >= 11 is 0. The van der Waals surface area contributed by atoms with Crippen molar-refractivity contribution in [3.63, 3.8) is 0 Å². The van der Waals surface area contributed by atoms with Crippen LogP contribution >= 0.6 is 0 Å². The minimum absolute atomic E-state index is 0.0866. The molecule has 0 spiro atoms. The summed E-state index contributed by atoms with van der Waals surface area (Å²) in [5, 5.41) is 5.33. The quantitative estimate of drug-likeness (QED) is 0.706. The molecule has 2 rings (SSSR count). The fraction of sp³-hybridized carbons (Fsp3) is 0.500. The van der Waals surface area contributed by atoms with Crippen LogP contribution in [-0.4, -0.2) is 48.3 Å². The molecule has 0 aromatic heterocycles. The molecule has 1 aliphatic rings. The summed E-state index contributed by atoms with van der Waals surface area (Å²) in [5.74, 6) is -1.54. The third kappa shape index (κ3) is 5.26. The number of anilines is 1. The van der Waals surface area contributed by atoms with Crippen molar-refractivity contribution in [2.24, 2.45) is 5.73 Å². The number of benzene rings is 1. The van der Waals surface area contributed by atoms with E-state index < -0.39 is 11.7 Å². The predicted octanol–water partition coefficient (Wildman–Crippen LogP) is 1.24. The second-order valence-electron chi connectivity index (χ2n) is 6.37. The number of carbonyl (C=O) groups excluding carboxylic acids is 3.